The van der Waals surface area contributed by atoms with Gasteiger partial charge in [-0.05, 0) is 65.0 Å². The Labute approximate surface area is 204 Å². The predicted molar refractivity (Wildman–Crippen MR) is 134 cm³/mol. The number of likely N-dealkylation sites (tertiary alicyclic amines) is 1. The van der Waals surface area contributed by atoms with Crippen molar-refractivity contribution in [1.29, 1.82) is 0 Å². The number of nitrogens with one attached hydrogen (secondary N) is 3. The lowest BCUT2D eigenvalue weighted by Gasteiger charge is -2.37. The van der Waals surface area contributed by atoms with Crippen molar-refractivity contribution in [3.05, 3.63) is 29.8 Å². The van der Waals surface area contributed by atoms with E-state index in [1.54, 1.807) is 27.7 Å². The van der Waals surface area contributed by atoms with Crippen LogP contribution in [0, 0.1) is 5.92 Å². The summed E-state index contributed by atoms with van der Waals surface area (Å²) in [6.45, 7) is 13.9. The number of carbonyl (C=O) groups is 3. The van der Waals surface area contributed by atoms with Crippen molar-refractivity contribution >= 4 is 23.6 Å². The largest absolute Gasteiger partial charge is 0.444 e. The molecular weight excluding hydrogens is 432 g/mol. The predicted octanol–water partition coefficient (Wildman–Crippen LogP) is 3.81. The first kappa shape index (κ1) is 27.6. The Hall–Kier alpha value is -2.61. The highest BCUT2D eigenvalue weighted by molar-refractivity contribution is 5.98. The molecule has 1 heterocycles. The second-order valence-corrected chi connectivity index (χ2v) is 11.1. The van der Waals surface area contributed by atoms with Crippen molar-refractivity contribution in [2.24, 2.45) is 5.92 Å². The minimum absolute atomic E-state index is 0.181. The normalized spacial score (nSPS) is 17.4. The third-order valence-electron chi connectivity index (χ3n) is 6.06. The van der Waals surface area contributed by atoms with Gasteiger partial charge >= 0.3 is 6.09 Å². The molecule has 0 spiro atoms. The Balaban J connectivity index is 1.90. The van der Waals surface area contributed by atoms with E-state index in [0.717, 1.165) is 11.0 Å². The van der Waals surface area contributed by atoms with Crippen molar-refractivity contribution in [1.82, 2.24) is 10.6 Å². The maximum Gasteiger partial charge on any atom is 0.408 e. The smallest absolute Gasteiger partial charge is 0.408 e. The third-order valence-corrected chi connectivity index (χ3v) is 6.06. The number of quaternary nitrogens is 1. The summed E-state index contributed by atoms with van der Waals surface area (Å²) in [5, 5.41) is 8.16. The Morgan fingerprint density at radius 1 is 0.941 bits per heavy atom. The summed E-state index contributed by atoms with van der Waals surface area (Å²) in [6.07, 6.45) is 3.21. The minimum Gasteiger partial charge on any atom is -0.444 e. The first-order valence-electron chi connectivity index (χ1n) is 12.3. The van der Waals surface area contributed by atoms with Gasteiger partial charge in [-0.15, -0.1) is 0 Å². The fourth-order valence-electron chi connectivity index (χ4n) is 4.16. The lowest BCUT2D eigenvalue weighted by Crippen LogP contribution is -2.54. The van der Waals surface area contributed by atoms with E-state index in [2.05, 4.69) is 35.1 Å². The number of hydrogen-bond donors (Lipinski definition) is 3. The zero-order chi connectivity index (χ0) is 25.5. The number of amides is 3. The first-order chi connectivity index (χ1) is 15.8. The summed E-state index contributed by atoms with van der Waals surface area (Å²) < 4.78 is 6.31. The van der Waals surface area contributed by atoms with Crippen LogP contribution in [0.3, 0.4) is 0 Å². The first-order valence-corrected chi connectivity index (χ1v) is 12.3. The number of alkyl carbamates (subject to hydrolysis) is 1. The molecule has 0 aliphatic carbocycles. The van der Waals surface area contributed by atoms with Crippen LogP contribution in [0.4, 0.5) is 10.5 Å². The van der Waals surface area contributed by atoms with Crippen molar-refractivity contribution in [3.8, 4) is 0 Å². The highest BCUT2D eigenvalue weighted by atomic mass is 16.6. The van der Waals surface area contributed by atoms with Gasteiger partial charge in [0.25, 0.3) is 0 Å². The number of rotatable bonds is 8. The van der Waals surface area contributed by atoms with Crippen molar-refractivity contribution < 1.29 is 23.6 Å². The highest BCUT2D eigenvalue weighted by Crippen LogP contribution is 2.21. The maximum atomic E-state index is 12.8. The van der Waals surface area contributed by atoms with Gasteiger partial charge in [0, 0.05) is 11.3 Å². The van der Waals surface area contributed by atoms with Gasteiger partial charge in [0.05, 0.1) is 20.1 Å². The van der Waals surface area contributed by atoms with Gasteiger partial charge in [-0.1, -0.05) is 26.0 Å². The number of piperidine rings is 1. The van der Waals surface area contributed by atoms with E-state index >= 15 is 0 Å². The van der Waals surface area contributed by atoms with Crippen LogP contribution < -0.4 is 16.0 Å². The summed E-state index contributed by atoms with van der Waals surface area (Å²) in [7, 11) is 2.31. The molecule has 1 fully saturated rings. The quantitative estimate of drug-likeness (QED) is 0.498. The summed E-state index contributed by atoms with van der Waals surface area (Å²) >= 11 is 0. The van der Waals surface area contributed by atoms with Gasteiger partial charge in [0.1, 0.15) is 24.2 Å². The Morgan fingerprint density at radius 2 is 1.53 bits per heavy atom. The zero-order valence-corrected chi connectivity index (χ0v) is 21.9. The van der Waals surface area contributed by atoms with Gasteiger partial charge in [-0.25, -0.2) is 4.79 Å². The molecule has 190 valence electrons. The van der Waals surface area contributed by atoms with Gasteiger partial charge < -0.3 is 25.2 Å². The van der Waals surface area contributed by atoms with E-state index in [0.29, 0.717) is 5.69 Å². The van der Waals surface area contributed by atoms with E-state index in [-0.39, 0.29) is 11.8 Å². The second-order valence-electron chi connectivity index (χ2n) is 11.1. The molecule has 0 bridgehead atoms. The van der Waals surface area contributed by atoms with Crippen LogP contribution in [0.25, 0.3) is 0 Å². The average molecular weight is 476 g/mol. The van der Waals surface area contributed by atoms with Gasteiger partial charge in [-0.3, -0.25) is 9.59 Å². The maximum absolute atomic E-state index is 12.8. The molecule has 8 nitrogen and oxygen atoms in total. The molecular formula is C26H43N4O4+. The molecule has 0 radical (unpaired) electrons. The topological polar surface area (TPSA) is 96.5 Å². The molecule has 2 atom stereocenters. The zero-order valence-electron chi connectivity index (χ0n) is 21.9. The molecule has 0 unspecified atom stereocenters. The van der Waals surface area contributed by atoms with Crippen molar-refractivity contribution in [2.45, 2.75) is 85.0 Å². The monoisotopic (exact) mass is 475 g/mol. The van der Waals surface area contributed by atoms with Gasteiger partial charge in [0.15, 0.2) is 0 Å². The van der Waals surface area contributed by atoms with Crippen LogP contribution in [0.15, 0.2) is 24.3 Å². The summed E-state index contributed by atoms with van der Waals surface area (Å²) in [5.74, 6) is -0.937. The summed E-state index contributed by atoms with van der Waals surface area (Å²) in [4.78, 5) is 37.5. The molecule has 1 saturated heterocycles. The average Bonchev–Trinajstić information content (AvgIpc) is 2.72. The molecule has 34 heavy (non-hydrogen) atoms. The Kier molecular flexibility index (Phi) is 9.50. The molecule has 0 saturated carbocycles. The van der Waals surface area contributed by atoms with E-state index in [9.17, 15) is 14.4 Å². The lowest BCUT2D eigenvalue weighted by molar-refractivity contribution is -0.926. The minimum atomic E-state index is -0.816. The number of carbonyl (C=O) groups excluding carboxylic acids is 3. The molecule has 2 rings (SSSR count). The number of ether oxygens (including phenoxy) is 1. The number of benzene rings is 1. The van der Waals surface area contributed by atoms with Gasteiger partial charge in [-0.2, -0.15) is 0 Å². The standard InChI is InChI=1S/C26H42N4O4/c1-18(2)22(29-25(33)34-26(4,5)6)24(32)27-19(3)23(31)28-21-13-11-20(12-14-21)17-30(7)15-9-8-10-16-30/h11-14,18-19,22H,8-10,15-17H2,1-7H3,(H2-,27,28,29,31,32,33)/p+1/t19-,22-/m0/s1. The summed E-state index contributed by atoms with van der Waals surface area (Å²) in [6, 6.07) is 6.32. The molecule has 3 N–H and O–H groups in total. The van der Waals surface area contributed by atoms with Crippen LogP contribution in [-0.2, 0) is 20.9 Å². The van der Waals surface area contributed by atoms with Crippen LogP contribution >= 0.6 is 0 Å². The number of nitrogens with zero attached hydrogens (tertiary/aromatic N) is 1. The van der Waals surface area contributed by atoms with Crippen LogP contribution in [-0.4, -0.2) is 60.2 Å². The molecule has 1 aromatic carbocycles. The fourth-order valence-corrected chi connectivity index (χ4v) is 4.16. The van der Waals surface area contributed by atoms with Gasteiger partial charge in [0.2, 0.25) is 11.8 Å². The SMILES string of the molecule is CC(C)[C@H](NC(=O)OC(C)(C)C)C(=O)N[C@@H](C)C(=O)Nc1ccc(C[N+]2(C)CCCCC2)cc1. The molecule has 8 heteroatoms. The van der Waals surface area contributed by atoms with Crippen molar-refractivity contribution in [2.75, 3.05) is 25.5 Å². The number of hydrogen-bond acceptors (Lipinski definition) is 4. The third kappa shape index (κ3) is 8.97. The Bertz CT molecular complexity index is 839. The van der Waals surface area contributed by atoms with E-state index in [1.807, 2.05) is 26.0 Å². The van der Waals surface area contributed by atoms with Crippen LogP contribution in [0.5, 0.6) is 0 Å². The second kappa shape index (κ2) is 11.7. The molecule has 3 amide bonds. The molecule has 1 aliphatic heterocycles. The van der Waals surface area contributed by atoms with Crippen LogP contribution in [0.2, 0.25) is 0 Å². The van der Waals surface area contributed by atoms with Crippen molar-refractivity contribution in [3.63, 3.8) is 0 Å². The molecule has 0 aromatic heterocycles. The fraction of sp³-hybridized carbons (Fsp3) is 0.654. The summed E-state index contributed by atoms with van der Waals surface area (Å²) in [5.41, 5.74) is 1.26. The molecule has 1 aliphatic rings. The van der Waals surface area contributed by atoms with Crippen LogP contribution in [0.1, 0.15) is 66.4 Å². The molecule has 1 aromatic rings. The Morgan fingerprint density at radius 3 is 2.06 bits per heavy atom. The van der Waals surface area contributed by atoms with E-state index in [1.165, 1.54) is 37.9 Å². The van der Waals surface area contributed by atoms with E-state index in [4.69, 9.17) is 4.74 Å². The van der Waals surface area contributed by atoms with E-state index < -0.39 is 29.7 Å². The highest BCUT2D eigenvalue weighted by Gasteiger charge is 2.29. The number of anilines is 1. The lowest BCUT2D eigenvalue weighted by atomic mass is 10.0.